The zero-order valence-corrected chi connectivity index (χ0v) is 11.1. The molecule has 0 spiro atoms. The zero-order chi connectivity index (χ0) is 12.3. The lowest BCUT2D eigenvalue weighted by Gasteiger charge is -2.22. The van der Waals surface area contributed by atoms with Gasteiger partial charge in [-0.3, -0.25) is 4.79 Å². The molecule has 1 amide bonds. The topological polar surface area (TPSA) is 87.7 Å². The molecule has 0 radical (unpaired) electrons. The predicted molar refractivity (Wildman–Crippen MR) is 71.7 cm³/mol. The number of nitrogens with zero attached hydrogens (tertiary/aromatic N) is 1. The van der Waals surface area contributed by atoms with Gasteiger partial charge in [-0.05, 0) is 12.8 Å². The summed E-state index contributed by atoms with van der Waals surface area (Å²) >= 11 is 3.83. The largest absolute Gasteiger partial charge is 0.409 e. The van der Waals surface area contributed by atoms with Gasteiger partial charge in [-0.25, -0.2) is 0 Å². The van der Waals surface area contributed by atoms with E-state index in [9.17, 15) is 4.79 Å². The Kier molecular flexibility index (Phi) is 4.09. The average molecular weight is 275 g/mol. The highest BCUT2D eigenvalue weighted by molar-refractivity contribution is 8.06. The number of amidine groups is 1. The van der Waals surface area contributed by atoms with Gasteiger partial charge in [-0.15, -0.1) is 0 Å². The Morgan fingerprint density at radius 2 is 2.29 bits per heavy atom. The number of carbonyl (C=O) groups excluding carboxylic acids is 1. The number of oxime groups is 1. The van der Waals surface area contributed by atoms with E-state index in [4.69, 9.17) is 10.9 Å². The van der Waals surface area contributed by atoms with E-state index in [0.29, 0.717) is 24.6 Å². The highest BCUT2D eigenvalue weighted by Gasteiger charge is 2.54. The van der Waals surface area contributed by atoms with E-state index in [1.807, 2.05) is 23.5 Å². The van der Waals surface area contributed by atoms with Gasteiger partial charge in [0, 0.05) is 29.1 Å². The van der Waals surface area contributed by atoms with Crippen LogP contribution in [0.3, 0.4) is 0 Å². The Morgan fingerprint density at radius 1 is 1.53 bits per heavy atom. The summed E-state index contributed by atoms with van der Waals surface area (Å²) in [5.41, 5.74) is 4.83. The van der Waals surface area contributed by atoms with Crippen molar-refractivity contribution in [2.45, 2.75) is 18.1 Å². The number of hydrogen-bond donors (Lipinski definition) is 3. The molecule has 0 aromatic carbocycles. The van der Waals surface area contributed by atoms with Gasteiger partial charge < -0.3 is 16.3 Å². The molecule has 1 heterocycles. The van der Waals surface area contributed by atoms with Crippen LogP contribution in [0.1, 0.15) is 12.8 Å². The summed E-state index contributed by atoms with van der Waals surface area (Å²) in [5.74, 6) is 3.38. The van der Waals surface area contributed by atoms with Gasteiger partial charge in [0.15, 0.2) is 5.84 Å². The van der Waals surface area contributed by atoms with Crippen molar-refractivity contribution in [1.82, 2.24) is 5.32 Å². The van der Waals surface area contributed by atoms with Gasteiger partial charge in [0.1, 0.15) is 5.41 Å². The number of amides is 1. The van der Waals surface area contributed by atoms with Gasteiger partial charge in [-0.2, -0.15) is 23.5 Å². The first-order valence-electron chi connectivity index (χ1n) is 5.65. The Balaban J connectivity index is 1.81. The second kappa shape index (κ2) is 5.39. The molecule has 1 atom stereocenters. The Hall–Kier alpha value is -0.560. The molecule has 1 aliphatic heterocycles. The molecule has 5 nitrogen and oxygen atoms in total. The summed E-state index contributed by atoms with van der Waals surface area (Å²) in [6, 6.07) is 0. The SMILES string of the molecule is NC(=NO)C1(C(=O)NCC2CSCCS2)CC1. The molecule has 1 unspecified atom stereocenters. The second-order valence-corrected chi connectivity index (χ2v) is 6.90. The van der Waals surface area contributed by atoms with Crippen molar-refractivity contribution >= 4 is 35.3 Å². The van der Waals surface area contributed by atoms with Crippen LogP contribution in [-0.4, -0.2) is 46.0 Å². The molecule has 2 fully saturated rings. The number of hydrogen-bond acceptors (Lipinski definition) is 5. The van der Waals surface area contributed by atoms with Crippen molar-refractivity contribution in [2.24, 2.45) is 16.3 Å². The van der Waals surface area contributed by atoms with E-state index in [1.54, 1.807) is 0 Å². The molecule has 96 valence electrons. The van der Waals surface area contributed by atoms with Gasteiger partial charge in [0.2, 0.25) is 5.91 Å². The lowest BCUT2D eigenvalue weighted by Crippen LogP contribution is -2.43. The smallest absolute Gasteiger partial charge is 0.233 e. The average Bonchev–Trinajstić information content (AvgIpc) is 3.17. The number of rotatable bonds is 4. The third-order valence-corrected chi connectivity index (χ3v) is 6.00. The van der Waals surface area contributed by atoms with Crippen LogP contribution in [0.25, 0.3) is 0 Å². The minimum Gasteiger partial charge on any atom is -0.409 e. The molecule has 17 heavy (non-hydrogen) atoms. The summed E-state index contributed by atoms with van der Waals surface area (Å²) in [4.78, 5) is 12.0. The van der Waals surface area contributed by atoms with Crippen LogP contribution in [0.4, 0.5) is 0 Å². The first-order valence-corrected chi connectivity index (χ1v) is 7.85. The minimum absolute atomic E-state index is 0.0423. The van der Waals surface area contributed by atoms with E-state index < -0.39 is 5.41 Å². The van der Waals surface area contributed by atoms with Gasteiger partial charge >= 0.3 is 0 Å². The highest BCUT2D eigenvalue weighted by atomic mass is 32.2. The van der Waals surface area contributed by atoms with Crippen LogP contribution in [0.5, 0.6) is 0 Å². The third kappa shape index (κ3) is 2.82. The fourth-order valence-corrected chi connectivity index (χ4v) is 4.46. The number of nitrogens with one attached hydrogen (secondary N) is 1. The molecule has 7 heteroatoms. The summed E-state index contributed by atoms with van der Waals surface area (Å²) in [7, 11) is 0. The van der Waals surface area contributed by atoms with Crippen molar-refractivity contribution in [2.75, 3.05) is 23.8 Å². The lowest BCUT2D eigenvalue weighted by molar-refractivity contribution is -0.124. The molecule has 2 rings (SSSR count). The maximum atomic E-state index is 12.0. The molecular formula is C10H17N3O2S2. The summed E-state index contributed by atoms with van der Waals surface area (Å²) < 4.78 is 0. The molecule has 0 aromatic heterocycles. The van der Waals surface area contributed by atoms with Gasteiger partial charge in [0.05, 0.1) is 0 Å². The Labute approximate surface area is 109 Å². The van der Waals surface area contributed by atoms with Crippen LogP contribution in [0.2, 0.25) is 0 Å². The van der Waals surface area contributed by atoms with Gasteiger partial charge in [0.25, 0.3) is 0 Å². The van der Waals surface area contributed by atoms with E-state index in [-0.39, 0.29) is 11.7 Å². The van der Waals surface area contributed by atoms with E-state index in [1.165, 1.54) is 5.75 Å². The standard InChI is InChI=1S/C10H17N3O2S2/c11-8(13-15)10(1-2-10)9(14)12-5-7-6-16-3-4-17-7/h7,15H,1-6H2,(H2,11,13)(H,12,14). The number of carbonyl (C=O) groups is 1. The van der Waals surface area contributed by atoms with Crippen LogP contribution < -0.4 is 11.1 Å². The number of thioether (sulfide) groups is 2. The van der Waals surface area contributed by atoms with Gasteiger partial charge in [-0.1, -0.05) is 5.16 Å². The monoisotopic (exact) mass is 275 g/mol. The maximum Gasteiger partial charge on any atom is 0.233 e. The first-order chi connectivity index (χ1) is 8.19. The summed E-state index contributed by atoms with van der Waals surface area (Å²) in [5, 5.41) is 15.0. The molecule has 2 aliphatic rings. The quantitative estimate of drug-likeness (QED) is 0.300. The fourth-order valence-electron chi connectivity index (χ4n) is 1.85. The van der Waals surface area contributed by atoms with Crippen LogP contribution in [-0.2, 0) is 4.79 Å². The molecule has 1 saturated carbocycles. The van der Waals surface area contributed by atoms with Crippen LogP contribution in [0, 0.1) is 5.41 Å². The minimum atomic E-state index is -0.721. The molecular weight excluding hydrogens is 258 g/mol. The fraction of sp³-hybridized carbons (Fsp3) is 0.800. The summed E-state index contributed by atoms with van der Waals surface area (Å²) in [6.45, 7) is 0.678. The van der Waals surface area contributed by atoms with E-state index in [2.05, 4.69) is 10.5 Å². The third-order valence-electron chi connectivity index (χ3n) is 3.16. The van der Waals surface area contributed by atoms with Crippen molar-refractivity contribution in [3.8, 4) is 0 Å². The summed E-state index contributed by atoms with van der Waals surface area (Å²) in [6.07, 6.45) is 1.36. The van der Waals surface area contributed by atoms with E-state index in [0.717, 1.165) is 11.5 Å². The molecule has 4 N–H and O–H groups in total. The van der Waals surface area contributed by atoms with Crippen LogP contribution >= 0.6 is 23.5 Å². The molecule has 0 aromatic rings. The predicted octanol–water partition coefficient (Wildman–Crippen LogP) is 0.478. The Bertz CT molecular complexity index is 326. The Morgan fingerprint density at radius 3 is 2.82 bits per heavy atom. The zero-order valence-electron chi connectivity index (χ0n) is 9.52. The maximum absolute atomic E-state index is 12.0. The van der Waals surface area contributed by atoms with Crippen molar-refractivity contribution < 1.29 is 10.0 Å². The first kappa shape index (κ1) is 12.9. The molecule has 0 bridgehead atoms. The van der Waals surface area contributed by atoms with Crippen LogP contribution in [0.15, 0.2) is 5.16 Å². The molecule has 1 aliphatic carbocycles. The lowest BCUT2D eigenvalue weighted by atomic mass is 10.1. The van der Waals surface area contributed by atoms with Crippen molar-refractivity contribution in [3.05, 3.63) is 0 Å². The van der Waals surface area contributed by atoms with Crippen molar-refractivity contribution in [1.29, 1.82) is 0 Å². The second-order valence-electron chi connectivity index (χ2n) is 4.35. The number of nitrogens with two attached hydrogens (primary N) is 1. The normalized spacial score (nSPS) is 27.5. The van der Waals surface area contributed by atoms with E-state index >= 15 is 0 Å². The highest BCUT2D eigenvalue weighted by Crippen LogP contribution is 2.46. The molecule has 1 saturated heterocycles. The van der Waals surface area contributed by atoms with Crippen molar-refractivity contribution in [3.63, 3.8) is 0 Å².